The summed E-state index contributed by atoms with van der Waals surface area (Å²) in [6, 6.07) is 8.94. The summed E-state index contributed by atoms with van der Waals surface area (Å²) in [4.78, 5) is 0. The van der Waals surface area contributed by atoms with Gasteiger partial charge in [0.05, 0.1) is 0 Å². The number of alkyl halides is 1. The molecule has 1 aromatic carbocycles. The van der Waals surface area contributed by atoms with Gasteiger partial charge in [0.1, 0.15) is 0 Å². The standard InChI is InChI=1S/C15H23Br/c1-4-13(5-2)10-15(11-16)14-8-6-7-12(3)9-14/h6-9,13,15H,4-5,10-11H2,1-3H3. The highest BCUT2D eigenvalue weighted by Crippen LogP contribution is 2.29. The molecule has 1 aromatic rings. The molecule has 16 heavy (non-hydrogen) atoms. The Morgan fingerprint density at radius 2 is 1.88 bits per heavy atom. The normalized spacial score (nSPS) is 13.1. The van der Waals surface area contributed by atoms with E-state index < -0.39 is 0 Å². The molecule has 0 heterocycles. The quantitative estimate of drug-likeness (QED) is 0.621. The molecule has 0 aliphatic rings. The lowest BCUT2D eigenvalue weighted by molar-refractivity contribution is 0.425. The molecule has 0 aromatic heterocycles. The Hall–Kier alpha value is -0.300. The maximum atomic E-state index is 3.66. The van der Waals surface area contributed by atoms with Crippen LogP contribution in [0.4, 0.5) is 0 Å². The molecular formula is C15H23Br. The van der Waals surface area contributed by atoms with Gasteiger partial charge in [0.25, 0.3) is 0 Å². The van der Waals surface area contributed by atoms with Crippen molar-refractivity contribution in [3.8, 4) is 0 Å². The highest BCUT2D eigenvalue weighted by atomic mass is 79.9. The number of aryl methyl sites for hydroxylation is 1. The molecule has 0 N–H and O–H groups in total. The first-order valence-electron chi connectivity index (χ1n) is 6.33. The fourth-order valence-electron chi connectivity index (χ4n) is 2.24. The van der Waals surface area contributed by atoms with Gasteiger partial charge in [0, 0.05) is 5.33 Å². The van der Waals surface area contributed by atoms with E-state index in [0.29, 0.717) is 5.92 Å². The molecule has 0 saturated heterocycles. The van der Waals surface area contributed by atoms with E-state index in [9.17, 15) is 0 Å². The smallest absolute Gasteiger partial charge is 0.0100 e. The molecule has 0 spiro atoms. The minimum Gasteiger partial charge on any atom is -0.0921 e. The second-order valence-electron chi connectivity index (χ2n) is 4.68. The molecule has 0 bridgehead atoms. The van der Waals surface area contributed by atoms with Crippen molar-refractivity contribution in [1.82, 2.24) is 0 Å². The van der Waals surface area contributed by atoms with Gasteiger partial charge >= 0.3 is 0 Å². The van der Waals surface area contributed by atoms with Crippen molar-refractivity contribution in [2.24, 2.45) is 5.92 Å². The predicted octanol–water partition coefficient (Wildman–Crippen LogP) is 5.30. The van der Waals surface area contributed by atoms with Crippen LogP contribution in [0, 0.1) is 12.8 Å². The minimum atomic E-state index is 0.671. The summed E-state index contributed by atoms with van der Waals surface area (Å²) in [6.07, 6.45) is 3.90. The Balaban J connectivity index is 2.74. The molecule has 90 valence electrons. The summed E-state index contributed by atoms with van der Waals surface area (Å²) >= 11 is 3.66. The van der Waals surface area contributed by atoms with Crippen molar-refractivity contribution < 1.29 is 0 Å². The molecule has 0 amide bonds. The van der Waals surface area contributed by atoms with Crippen LogP contribution < -0.4 is 0 Å². The van der Waals surface area contributed by atoms with E-state index >= 15 is 0 Å². The maximum Gasteiger partial charge on any atom is 0.0100 e. The van der Waals surface area contributed by atoms with E-state index in [0.717, 1.165) is 11.2 Å². The summed E-state index contributed by atoms with van der Waals surface area (Å²) in [5, 5.41) is 1.08. The lowest BCUT2D eigenvalue weighted by atomic mass is 9.87. The molecular weight excluding hydrogens is 260 g/mol. The van der Waals surface area contributed by atoms with Gasteiger partial charge in [-0.1, -0.05) is 72.4 Å². The topological polar surface area (TPSA) is 0 Å². The molecule has 1 rings (SSSR count). The third-order valence-corrected chi connectivity index (χ3v) is 4.25. The zero-order valence-electron chi connectivity index (χ0n) is 10.7. The third kappa shape index (κ3) is 3.93. The van der Waals surface area contributed by atoms with Crippen LogP contribution in [0.2, 0.25) is 0 Å². The van der Waals surface area contributed by atoms with Crippen molar-refractivity contribution in [2.45, 2.75) is 46.0 Å². The summed E-state index contributed by atoms with van der Waals surface area (Å²) in [7, 11) is 0. The van der Waals surface area contributed by atoms with E-state index in [2.05, 4.69) is 61.0 Å². The van der Waals surface area contributed by atoms with Crippen molar-refractivity contribution in [1.29, 1.82) is 0 Å². The van der Waals surface area contributed by atoms with Crippen molar-refractivity contribution in [3.63, 3.8) is 0 Å². The Bertz CT molecular complexity index is 302. The first-order chi connectivity index (χ1) is 7.71. The van der Waals surface area contributed by atoms with Gasteiger partial charge < -0.3 is 0 Å². The van der Waals surface area contributed by atoms with Crippen LogP contribution in [0.1, 0.15) is 50.2 Å². The van der Waals surface area contributed by atoms with E-state index in [1.165, 1.54) is 30.4 Å². The molecule has 1 unspecified atom stereocenters. The van der Waals surface area contributed by atoms with Crippen LogP contribution in [0.25, 0.3) is 0 Å². The molecule has 0 radical (unpaired) electrons. The first-order valence-corrected chi connectivity index (χ1v) is 7.45. The SMILES string of the molecule is CCC(CC)CC(CBr)c1cccc(C)c1. The molecule has 0 aliphatic carbocycles. The van der Waals surface area contributed by atoms with Crippen LogP contribution in [0.3, 0.4) is 0 Å². The lowest BCUT2D eigenvalue weighted by Crippen LogP contribution is -2.08. The zero-order chi connectivity index (χ0) is 12.0. The largest absolute Gasteiger partial charge is 0.0921 e. The molecule has 1 atom stereocenters. The summed E-state index contributed by atoms with van der Waals surface area (Å²) < 4.78 is 0. The van der Waals surface area contributed by atoms with E-state index in [1.54, 1.807) is 0 Å². The van der Waals surface area contributed by atoms with Gasteiger partial charge in [0.15, 0.2) is 0 Å². The predicted molar refractivity (Wildman–Crippen MR) is 76.4 cm³/mol. The Morgan fingerprint density at radius 1 is 1.19 bits per heavy atom. The van der Waals surface area contributed by atoms with E-state index in [-0.39, 0.29) is 0 Å². The highest BCUT2D eigenvalue weighted by Gasteiger charge is 2.15. The molecule has 0 nitrogen and oxygen atoms in total. The summed E-state index contributed by atoms with van der Waals surface area (Å²) in [5.74, 6) is 1.54. The summed E-state index contributed by atoms with van der Waals surface area (Å²) in [6.45, 7) is 6.78. The van der Waals surface area contributed by atoms with Crippen LogP contribution in [0.5, 0.6) is 0 Å². The second kappa shape index (κ2) is 7.11. The Labute approximate surface area is 109 Å². The summed E-state index contributed by atoms with van der Waals surface area (Å²) in [5.41, 5.74) is 2.86. The molecule has 1 heteroatoms. The monoisotopic (exact) mass is 282 g/mol. The fraction of sp³-hybridized carbons (Fsp3) is 0.600. The fourth-order valence-corrected chi connectivity index (χ4v) is 2.87. The van der Waals surface area contributed by atoms with Crippen molar-refractivity contribution >= 4 is 15.9 Å². The van der Waals surface area contributed by atoms with Crippen LogP contribution in [-0.4, -0.2) is 5.33 Å². The van der Waals surface area contributed by atoms with Gasteiger partial charge in [-0.15, -0.1) is 0 Å². The number of benzene rings is 1. The molecule has 0 saturated carbocycles. The van der Waals surface area contributed by atoms with E-state index in [4.69, 9.17) is 0 Å². The maximum absolute atomic E-state index is 3.66. The first kappa shape index (κ1) is 13.8. The lowest BCUT2D eigenvalue weighted by Gasteiger charge is -2.20. The average Bonchev–Trinajstić information content (AvgIpc) is 2.31. The molecule has 0 fully saturated rings. The Morgan fingerprint density at radius 3 is 2.38 bits per heavy atom. The number of hydrogen-bond acceptors (Lipinski definition) is 0. The van der Waals surface area contributed by atoms with Crippen LogP contribution >= 0.6 is 15.9 Å². The number of rotatable bonds is 6. The highest BCUT2D eigenvalue weighted by molar-refractivity contribution is 9.09. The second-order valence-corrected chi connectivity index (χ2v) is 5.33. The minimum absolute atomic E-state index is 0.671. The van der Waals surface area contributed by atoms with Gasteiger partial charge in [-0.05, 0) is 30.7 Å². The average molecular weight is 283 g/mol. The zero-order valence-corrected chi connectivity index (χ0v) is 12.3. The van der Waals surface area contributed by atoms with Crippen LogP contribution in [0.15, 0.2) is 24.3 Å². The van der Waals surface area contributed by atoms with Gasteiger partial charge in [0.2, 0.25) is 0 Å². The van der Waals surface area contributed by atoms with Gasteiger partial charge in [-0.25, -0.2) is 0 Å². The Kier molecular flexibility index (Phi) is 6.12. The van der Waals surface area contributed by atoms with Gasteiger partial charge in [-0.3, -0.25) is 0 Å². The number of halogens is 1. The third-order valence-electron chi connectivity index (χ3n) is 3.47. The number of hydrogen-bond donors (Lipinski definition) is 0. The van der Waals surface area contributed by atoms with Crippen molar-refractivity contribution in [3.05, 3.63) is 35.4 Å². The van der Waals surface area contributed by atoms with Crippen molar-refractivity contribution in [2.75, 3.05) is 5.33 Å². The van der Waals surface area contributed by atoms with E-state index in [1.807, 2.05) is 0 Å². The molecule has 0 aliphatic heterocycles. The van der Waals surface area contributed by atoms with Crippen LogP contribution in [-0.2, 0) is 0 Å². The van der Waals surface area contributed by atoms with Gasteiger partial charge in [-0.2, -0.15) is 0 Å².